The second kappa shape index (κ2) is 7.74. The molecule has 31 heavy (non-hydrogen) atoms. The first-order valence-corrected chi connectivity index (χ1v) is 10.5. The van der Waals surface area contributed by atoms with E-state index in [0.29, 0.717) is 43.2 Å². The number of benzene rings is 2. The zero-order valence-electron chi connectivity index (χ0n) is 16.8. The number of likely N-dealkylation sites (tertiary alicyclic amines) is 1. The van der Waals surface area contributed by atoms with Gasteiger partial charge in [-0.1, -0.05) is 29.8 Å². The van der Waals surface area contributed by atoms with Crippen LogP contribution in [-0.2, 0) is 11.3 Å². The SMILES string of the molecule is O=C(c1ccccc1Cn1cccn1)N1CC[C@]2(C1)CN(c1ccc(Cl)cc1)C(=O)O2. The van der Waals surface area contributed by atoms with E-state index in [4.69, 9.17) is 16.3 Å². The Balaban J connectivity index is 1.33. The summed E-state index contributed by atoms with van der Waals surface area (Å²) in [5, 5.41) is 4.85. The zero-order chi connectivity index (χ0) is 21.4. The van der Waals surface area contributed by atoms with Gasteiger partial charge in [0.05, 0.1) is 19.6 Å². The minimum absolute atomic E-state index is 0.0550. The maximum atomic E-state index is 13.3. The molecule has 158 valence electrons. The van der Waals surface area contributed by atoms with E-state index >= 15 is 0 Å². The van der Waals surface area contributed by atoms with Gasteiger partial charge in [0.2, 0.25) is 0 Å². The molecule has 2 saturated heterocycles. The molecule has 3 heterocycles. The third-order valence-corrected chi connectivity index (χ3v) is 6.10. The third kappa shape index (κ3) is 3.77. The highest BCUT2D eigenvalue weighted by molar-refractivity contribution is 6.30. The number of carbonyl (C=O) groups excluding carboxylic acids is 2. The fourth-order valence-corrected chi connectivity index (χ4v) is 4.41. The van der Waals surface area contributed by atoms with Crippen molar-refractivity contribution in [2.45, 2.75) is 18.6 Å². The van der Waals surface area contributed by atoms with E-state index in [2.05, 4.69) is 5.10 Å². The first-order chi connectivity index (χ1) is 15.0. The summed E-state index contributed by atoms with van der Waals surface area (Å²) in [7, 11) is 0. The van der Waals surface area contributed by atoms with Crippen LogP contribution in [0.25, 0.3) is 0 Å². The van der Waals surface area contributed by atoms with Gasteiger partial charge in [-0.3, -0.25) is 14.4 Å². The normalized spacial score (nSPS) is 20.5. The van der Waals surface area contributed by atoms with Gasteiger partial charge in [-0.15, -0.1) is 0 Å². The number of nitrogens with zero attached hydrogens (tertiary/aromatic N) is 4. The molecule has 2 aliphatic heterocycles. The lowest BCUT2D eigenvalue weighted by atomic mass is 10.0. The number of hydrogen-bond acceptors (Lipinski definition) is 4. The summed E-state index contributed by atoms with van der Waals surface area (Å²) in [6.07, 6.45) is 3.80. The Bertz CT molecular complexity index is 1120. The average Bonchev–Trinajstić information content (AvgIpc) is 3.50. The predicted molar refractivity (Wildman–Crippen MR) is 116 cm³/mol. The third-order valence-electron chi connectivity index (χ3n) is 5.85. The fraction of sp³-hybridized carbons (Fsp3) is 0.261. The molecule has 0 saturated carbocycles. The number of hydrogen-bond donors (Lipinski definition) is 0. The van der Waals surface area contributed by atoms with Crippen LogP contribution in [0.5, 0.6) is 0 Å². The molecule has 0 unspecified atom stereocenters. The summed E-state index contributed by atoms with van der Waals surface area (Å²) < 4.78 is 7.58. The lowest BCUT2D eigenvalue weighted by molar-refractivity contribution is 0.0553. The molecular weight excluding hydrogens is 416 g/mol. The number of rotatable bonds is 4. The van der Waals surface area contributed by atoms with Crippen LogP contribution in [0.2, 0.25) is 5.02 Å². The quantitative estimate of drug-likeness (QED) is 0.623. The van der Waals surface area contributed by atoms with Crippen LogP contribution in [-0.4, -0.2) is 51.9 Å². The summed E-state index contributed by atoms with van der Waals surface area (Å²) in [6, 6.07) is 16.5. The molecule has 5 rings (SSSR count). The fourth-order valence-electron chi connectivity index (χ4n) is 4.28. The van der Waals surface area contributed by atoms with Crippen molar-refractivity contribution >= 4 is 29.3 Å². The highest BCUT2D eigenvalue weighted by Gasteiger charge is 2.51. The molecule has 2 fully saturated rings. The van der Waals surface area contributed by atoms with Gasteiger partial charge in [-0.2, -0.15) is 5.10 Å². The van der Waals surface area contributed by atoms with Gasteiger partial charge in [-0.25, -0.2) is 4.79 Å². The van der Waals surface area contributed by atoms with E-state index in [1.165, 1.54) is 0 Å². The van der Waals surface area contributed by atoms with Crippen LogP contribution in [0.1, 0.15) is 22.3 Å². The number of halogens is 1. The van der Waals surface area contributed by atoms with Gasteiger partial charge < -0.3 is 9.64 Å². The minimum Gasteiger partial charge on any atom is -0.439 e. The molecule has 0 radical (unpaired) electrons. The van der Waals surface area contributed by atoms with Gasteiger partial charge in [0, 0.05) is 41.6 Å². The smallest absolute Gasteiger partial charge is 0.415 e. The first-order valence-electron chi connectivity index (χ1n) is 10.1. The molecule has 1 spiro atoms. The summed E-state index contributed by atoms with van der Waals surface area (Å²) >= 11 is 5.96. The summed E-state index contributed by atoms with van der Waals surface area (Å²) in [5.41, 5.74) is 1.60. The number of ether oxygens (including phenoxy) is 1. The number of anilines is 1. The lowest BCUT2D eigenvalue weighted by Gasteiger charge is -2.23. The van der Waals surface area contributed by atoms with Gasteiger partial charge in [-0.05, 0) is 42.0 Å². The summed E-state index contributed by atoms with van der Waals surface area (Å²) in [5.74, 6) is -0.0550. The second-order valence-electron chi connectivity index (χ2n) is 7.95. The van der Waals surface area contributed by atoms with E-state index in [1.807, 2.05) is 36.5 Å². The van der Waals surface area contributed by atoms with E-state index < -0.39 is 11.7 Å². The molecule has 8 heteroatoms. The average molecular weight is 437 g/mol. The van der Waals surface area contributed by atoms with Crippen LogP contribution in [0.3, 0.4) is 0 Å². The zero-order valence-corrected chi connectivity index (χ0v) is 17.5. The number of aromatic nitrogens is 2. The summed E-state index contributed by atoms with van der Waals surface area (Å²) in [6.45, 7) is 1.84. The first kappa shape index (κ1) is 19.6. The van der Waals surface area contributed by atoms with Crippen LogP contribution in [0.15, 0.2) is 67.0 Å². The van der Waals surface area contributed by atoms with Gasteiger partial charge in [0.15, 0.2) is 5.60 Å². The number of carbonyl (C=O) groups is 2. The van der Waals surface area contributed by atoms with E-state index in [1.54, 1.807) is 44.9 Å². The topological polar surface area (TPSA) is 67.7 Å². The Morgan fingerprint density at radius 2 is 1.90 bits per heavy atom. The molecule has 7 nitrogen and oxygen atoms in total. The summed E-state index contributed by atoms with van der Waals surface area (Å²) in [4.78, 5) is 29.3. The minimum atomic E-state index is -0.691. The largest absolute Gasteiger partial charge is 0.439 e. The standard InChI is InChI=1S/C23H21ClN4O3/c24-18-6-8-19(9-7-18)28-16-23(31-22(28)30)10-13-26(15-23)21(29)20-5-2-1-4-17(20)14-27-12-3-11-25-27/h1-9,11-12H,10,13-16H2/t23-/m0/s1. The van der Waals surface area contributed by atoms with Crippen molar-refractivity contribution in [3.8, 4) is 0 Å². The molecular formula is C23H21ClN4O3. The van der Waals surface area contributed by atoms with Crippen molar-refractivity contribution in [2.75, 3.05) is 24.5 Å². The van der Waals surface area contributed by atoms with Crippen LogP contribution in [0.4, 0.5) is 10.5 Å². The Morgan fingerprint density at radius 1 is 1.10 bits per heavy atom. The Kier molecular flexibility index (Phi) is 4.90. The molecule has 0 aliphatic carbocycles. The number of amides is 2. The molecule has 1 atom stereocenters. The maximum Gasteiger partial charge on any atom is 0.415 e. The lowest BCUT2D eigenvalue weighted by Crippen LogP contribution is -2.39. The molecule has 1 aromatic heterocycles. The Hall–Kier alpha value is -3.32. The van der Waals surface area contributed by atoms with Crippen molar-refractivity contribution in [1.82, 2.24) is 14.7 Å². The Morgan fingerprint density at radius 3 is 2.68 bits per heavy atom. The van der Waals surface area contributed by atoms with Gasteiger partial charge >= 0.3 is 6.09 Å². The van der Waals surface area contributed by atoms with E-state index in [0.717, 1.165) is 11.3 Å². The van der Waals surface area contributed by atoms with Crippen molar-refractivity contribution in [1.29, 1.82) is 0 Å². The van der Waals surface area contributed by atoms with Crippen molar-refractivity contribution in [3.63, 3.8) is 0 Å². The maximum absolute atomic E-state index is 13.3. The van der Waals surface area contributed by atoms with Crippen molar-refractivity contribution in [2.24, 2.45) is 0 Å². The molecule has 2 aromatic carbocycles. The van der Waals surface area contributed by atoms with E-state index in [-0.39, 0.29) is 5.91 Å². The molecule has 0 N–H and O–H groups in total. The van der Waals surface area contributed by atoms with Crippen LogP contribution < -0.4 is 4.90 Å². The molecule has 2 aliphatic rings. The monoisotopic (exact) mass is 436 g/mol. The molecule has 3 aromatic rings. The molecule has 0 bridgehead atoms. The van der Waals surface area contributed by atoms with Crippen LogP contribution in [0, 0.1) is 0 Å². The molecule has 2 amide bonds. The Labute approximate surface area is 184 Å². The van der Waals surface area contributed by atoms with Crippen molar-refractivity contribution < 1.29 is 14.3 Å². The van der Waals surface area contributed by atoms with Crippen LogP contribution >= 0.6 is 11.6 Å². The second-order valence-corrected chi connectivity index (χ2v) is 8.39. The predicted octanol–water partition coefficient (Wildman–Crippen LogP) is 3.83. The van der Waals surface area contributed by atoms with Crippen molar-refractivity contribution in [3.05, 3.63) is 83.1 Å². The van der Waals surface area contributed by atoms with Gasteiger partial charge in [0.25, 0.3) is 5.91 Å². The van der Waals surface area contributed by atoms with E-state index in [9.17, 15) is 9.59 Å². The highest BCUT2D eigenvalue weighted by Crippen LogP contribution is 2.36. The van der Waals surface area contributed by atoms with Gasteiger partial charge in [0.1, 0.15) is 0 Å². The highest BCUT2D eigenvalue weighted by atomic mass is 35.5.